The van der Waals surface area contributed by atoms with Crippen LogP contribution < -0.4 is 0 Å². The predicted molar refractivity (Wildman–Crippen MR) is 75.7 cm³/mol. The van der Waals surface area contributed by atoms with Gasteiger partial charge in [0.1, 0.15) is 0 Å². The zero-order chi connectivity index (χ0) is 12.6. The van der Waals surface area contributed by atoms with Gasteiger partial charge in [0, 0.05) is 0 Å². The van der Waals surface area contributed by atoms with Crippen LogP contribution >= 0.6 is 12.6 Å². The molecule has 1 aliphatic heterocycles. The molecule has 1 rings (SSSR count). The fraction of sp³-hybridized carbons (Fsp3) is 1.00. The summed E-state index contributed by atoms with van der Waals surface area (Å²) in [7, 11) is 0. The summed E-state index contributed by atoms with van der Waals surface area (Å²) in [5.74, 6) is 0.687. The van der Waals surface area contributed by atoms with Crippen LogP contribution in [-0.4, -0.2) is 24.3 Å². The Morgan fingerprint density at radius 2 is 1.59 bits per heavy atom. The Kier molecular flexibility index (Phi) is 7.56. The molecule has 0 aromatic carbocycles. The Hall–Kier alpha value is 0.270. The van der Waals surface area contributed by atoms with Crippen molar-refractivity contribution < 1.29 is 9.47 Å². The van der Waals surface area contributed by atoms with E-state index in [1.165, 1.54) is 44.9 Å². The molecule has 0 aliphatic carbocycles. The van der Waals surface area contributed by atoms with Crippen LogP contribution in [0.15, 0.2) is 0 Å². The van der Waals surface area contributed by atoms with Gasteiger partial charge in [0.15, 0.2) is 5.79 Å². The third-order valence-electron chi connectivity index (χ3n) is 3.25. The minimum absolute atomic E-state index is 0.328. The fourth-order valence-corrected chi connectivity index (χ4v) is 2.50. The molecule has 0 spiro atoms. The molecule has 1 unspecified atom stereocenters. The van der Waals surface area contributed by atoms with Crippen molar-refractivity contribution >= 4 is 12.6 Å². The first kappa shape index (κ1) is 15.3. The van der Waals surface area contributed by atoms with Gasteiger partial charge in [0.05, 0.1) is 12.7 Å². The highest BCUT2D eigenvalue weighted by molar-refractivity contribution is 7.80. The highest BCUT2D eigenvalue weighted by atomic mass is 32.1. The number of unbranched alkanes of at least 4 members (excludes halogenated alkanes) is 6. The van der Waals surface area contributed by atoms with E-state index in [0.717, 1.165) is 18.8 Å². The highest BCUT2D eigenvalue weighted by Crippen LogP contribution is 2.25. The maximum atomic E-state index is 5.78. The molecule has 17 heavy (non-hydrogen) atoms. The Morgan fingerprint density at radius 3 is 2.12 bits per heavy atom. The number of ether oxygens (including phenoxy) is 2. The van der Waals surface area contributed by atoms with Gasteiger partial charge in [0.25, 0.3) is 0 Å². The molecule has 0 saturated carbocycles. The normalized spacial score (nSPS) is 23.1. The van der Waals surface area contributed by atoms with Crippen LogP contribution in [0.25, 0.3) is 0 Å². The van der Waals surface area contributed by atoms with E-state index in [1.54, 1.807) is 0 Å². The molecule has 3 heteroatoms. The summed E-state index contributed by atoms with van der Waals surface area (Å²) in [5.41, 5.74) is 0. The second-order valence-corrected chi connectivity index (χ2v) is 5.89. The van der Waals surface area contributed by atoms with Gasteiger partial charge in [-0.3, -0.25) is 0 Å². The quantitative estimate of drug-likeness (QED) is 0.495. The Morgan fingerprint density at radius 1 is 1.00 bits per heavy atom. The van der Waals surface area contributed by atoms with E-state index in [9.17, 15) is 0 Å². The number of thiol groups is 1. The minimum atomic E-state index is -0.350. The van der Waals surface area contributed by atoms with Crippen LogP contribution in [0.4, 0.5) is 0 Å². The van der Waals surface area contributed by atoms with Crippen molar-refractivity contribution in [3.63, 3.8) is 0 Å². The maximum absolute atomic E-state index is 5.78. The van der Waals surface area contributed by atoms with Gasteiger partial charge in [-0.05, 0) is 32.4 Å². The van der Waals surface area contributed by atoms with Gasteiger partial charge in [-0.2, -0.15) is 12.6 Å². The molecule has 0 bridgehead atoms. The number of hydrogen-bond donors (Lipinski definition) is 1. The summed E-state index contributed by atoms with van der Waals surface area (Å²) < 4.78 is 11.3. The van der Waals surface area contributed by atoms with Gasteiger partial charge >= 0.3 is 0 Å². The largest absolute Gasteiger partial charge is 0.348 e. The van der Waals surface area contributed by atoms with E-state index in [2.05, 4.69) is 12.6 Å². The van der Waals surface area contributed by atoms with Crippen LogP contribution in [0.3, 0.4) is 0 Å². The van der Waals surface area contributed by atoms with E-state index in [-0.39, 0.29) is 5.79 Å². The topological polar surface area (TPSA) is 18.5 Å². The van der Waals surface area contributed by atoms with E-state index in [0.29, 0.717) is 6.10 Å². The summed E-state index contributed by atoms with van der Waals surface area (Å²) in [6.07, 6.45) is 10.8. The molecular weight excluding hydrogens is 232 g/mol. The third kappa shape index (κ3) is 7.32. The highest BCUT2D eigenvalue weighted by Gasteiger charge is 2.31. The zero-order valence-corrected chi connectivity index (χ0v) is 12.3. The van der Waals surface area contributed by atoms with Crippen molar-refractivity contribution in [1.29, 1.82) is 0 Å². The lowest BCUT2D eigenvalue weighted by Gasteiger charge is -2.16. The van der Waals surface area contributed by atoms with Crippen LogP contribution in [0.5, 0.6) is 0 Å². The van der Waals surface area contributed by atoms with Gasteiger partial charge in [-0.25, -0.2) is 0 Å². The van der Waals surface area contributed by atoms with Crippen molar-refractivity contribution in [2.45, 2.75) is 77.1 Å². The third-order valence-corrected chi connectivity index (χ3v) is 3.57. The molecule has 0 aromatic rings. The lowest BCUT2D eigenvalue weighted by Crippen LogP contribution is -2.21. The SMILES string of the molecule is CC1(C)OCC(CCCCCCCCCS)O1. The van der Waals surface area contributed by atoms with E-state index >= 15 is 0 Å². The first-order valence-electron chi connectivity index (χ1n) is 7.07. The average molecular weight is 260 g/mol. The van der Waals surface area contributed by atoms with Crippen molar-refractivity contribution in [2.75, 3.05) is 12.4 Å². The molecule has 2 nitrogen and oxygen atoms in total. The van der Waals surface area contributed by atoms with Crippen LogP contribution in [0.2, 0.25) is 0 Å². The molecule has 1 atom stereocenters. The van der Waals surface area contributed by atoms with Crippen LogP contribution in [-0.2, 0) is 9.47 Å². The predicted octanol–water partition coefficient (Wildman–Crippen LogP) is 4.19. The maximum Gasteiger partial charge on any atom is 0.163 e. The Balaban J connectivity index is 1.85. The number of rotatable bonds is 9. The Bertz CT molecular complexity index is 195. The van der Waals surface area contributed by atoms with Crippen LogP contribution in [0, 0.1) is 0 Å². The van der Waals surface area contributed by atoms with E-state index in [1.807, 2.05) is 13.8 Å². The summed E-state index contributed by atoms with van der Waals surface area (Å²) in [6.45, 7) is 4.76. The average Bonchev–Trinajstić information content (AvgIpc) is 2.62. The summed E-state index contributed by atoms with van der Waals surface area (Å²) >= 11 is 4.22. The lowest BCUT2D eigenvalue weighted by atomic mass is 10.1. The molecule has 1 heterocycles. The van der Waals surface area contributed by atoms with Gasteiger partial charge < -0.3 is 9.47 Å². The standard InChI is InChI=1S/C14H28O2S/c1-14(2)15-12-13(16-14)10-8-6-4-3-5-7-9-11-17/h13,17H,3-12H2,1-2H3. The molecule has 0 N–H and O–H groups in total. The lowest BCUT2D eigenvalue weighted by molar-refractivity contribution is -0.139. The number of hydrogen-bond acceptors (Lipinski definition) is 3. The van der Waals surface area contributed by atoms with Crippen LogP contribution in [0.1, 0.15) is 65.2 Å². The molecule has 102 valence electrons. The summed E-state index contributed by atoms with van der Waals surface area (Å²) in [5, 5.41) is 0. The smallest absolute Gasteiger partial charge is 0.163 e. The van der Waals surface area contributed by atoms with Gasteiger partial charge in [-0.1, -0.05) is 38.5 Å². The van der Waals surface area contributed by atoms with Gasteiger partial charge in [0.2, 0.25) is 0 Å². The molecule has 1 aliphatic rings. The first-order chi connectivity index (χ1) is 8.14. The molecule has 0 radical (unpaired) electrons. The van der Waals surface area contributed by atoms with E-state index in [4.69, 9.17) is 9.47 Å². The molecule has 0 aromatic heterocycles. The van der Waals surface area contributed by atoms with Gasteiger partial charge in [-0.15, -0.1) is 0 Å². The fourth-order valence-electron chi connectivity index (χ4n) is 2.27. The van der Waals surface area contributed by atoms with Crippen molar-refractivity contribution in [2.24, 2.45) is 0 Å². The van der Waals surface area contributed by atoms with Crippen molar-refractivity contribution in [3.8, 4) is 0 Å². The van der Waals surface area contributed by atoms with Crippen molar-refractivity contribution in [1.82, 2.24) is 0 Å². The minimum Gasteiger partial charge on any atom is -0.348 e. The molecule has 1 saturated heterocycles. The summed E-state index contributed by atoms with van der Waals surface area (Å²) in [6, 6.07) is 0. The molecular formula is C14H28O2S. The molecule has 0 amide bonds. The first-order valence-corrected chi connectivity index (χ1v) is 7.70. The summed E-state index contributed by atoms with van der Waals surface area (Å²) in [4.78, 5) is 0. The monoisotopic (exact) mass is 260 g/mol. The zero-order valence-electron chi connectivity index (χ0n) is 11.4. The van der Waals surface area contributed by atoms with E-state index < -0.39 is 0 Å². The molecule has 1 fully saturated rings. The van der Waals surface area contributed by atoms with Crippen molar-refractivity contribution in [3.05, 3.63) is 0 Å². The Labute approximate surface area is 112 Å². The second-order valence-electron chi connectivity index (χ2n) is 5.44. The second kappa shape index (κ2) is 8.39.